The molecule has 0 spiro atoms. The number of carboxylic acids is 1. The van der Waals surface area contributed by atoms with Gasteiger partial charge in [-0.2, -0.15) is 13.2 Å². The van der Waals surface area contributed by atoms with Crippen molar-refractivity contribution in [3.8, 4) is 11.3 Å². The molecule has 0 atom stereocenters. The first-order valence-electron chi connectivity index (χ1n) is 13.9. The Bertz CT molecular complexity index is 1380. The summed E-state index contributed by atoms with van der Waals surface area (Å²) < 4.78 is 54.4. The van der Waals surface area contributed by atoms with Crippen LogP contribution in [-0.4, -0.2) is 62.9 Å². The van der Waals surface area contributed by atoms with Gasteiger partial charge in [0.25, 0.3) is 0 Å². The standard InChI is InChI=1S/C29H33F4N5O3S.CH4/c1-3-9-37(10-4-2)17-24-27(19-5-6-21(30)20(13-19)29(31,32)33)36-26(42-24)14-23(39)22-15-35-25(16-34-22)38-11-7-18(8-12-38)28(40)41;/h5-6,13,15-16,18H,3-4,7-12,14,17H2,1-2H3,(H,40,41);1H4. The average Bonchev–Trinajstić information content (AvgIpc) is 3.34. The predicted molar refractivity (Wildman–Crippen MR) is 158 cm³/mol. The molecule has 3 heterocycles. The molecule has 0 unspecified atom stereocenters. The molecule has 13 heteroatoms. The van der Waals surface area contributed by atoms with Crippen molar-refractivity contribution in [1.82, 2.24) is 19.9 Å². The number of carbonyl (C=O) groups excluding carboxylic acids is 1. The van der Waals surface area contributed by atoms with Gasteiger partial charge in [-0.1, -0.05) is 21.3 Å². The van der Waals surface area contributed by atoms with Crippen LogP contribution in [0.25, 0.3) is 11.3 Å². The van der Waals surface area contributed by atoms with Crippen molar-refractivity contribution in [3.63, 3.8) is 0 Å². The van der Waals surface area contributed by atoms with Crippen LogP contribution in [0.2, 0.25) is 0 Å². The average molecular weight is 624 g/mol. The van der Waals surface area contributed by atoms with Gasteiger partial charge in [0, 0.05) is 30.1 Å². The van der Waals surface area contributed by atoms with Gasteiger partial charge in [0.15, 0.2) is 5.78 Å². The molecule has 1 saturated heterocycles. The van der Waals surface area contributed by atoms with E-state index in [1.165, 1.54) is 29.8 Å². The summed E-state index contributed by atoms with van der Waals surface area (Å²) in [5.41, 5.74) is -0.801. The topological polar surface area (TPSA) is 99.5 Å². The fourth-order valence-corrected chi connectivity index (χ4v) is 6.15. The van der Waals surface area contributed by atoms with Gasteiger partial charge in [0.1, 0.15) is 22.3 Å². The monoisotopic (exact) mass is 623 g/mol. The molecule has 0 saturated carbocycles. The van der Waals surface area contributed by atoms with Crippen LogP contribution in [0.4, 0.5) is 23.4 Å². The third-order valence-electron chi connectivity index (χ3n) is 7.14. The highest BCUT2D eigenvalue weighted by Gasteiger charge is 2.35. The van der Waals surface area contributed by atoms with Gasteiger partial charge in [-0.15, -0.1) is 11.3 Å². The highest BCUT2D eigenvalue weighted by Crippen LogP contribution is 2.37. The van der Waals surface area contributed by atoms with E-state index < -0.39 is 23.5 Å². The maximum absolute atomic E-state index is 14.0. The number of piperidine rings is 1. The summed E-state index contributed by atoms with van der Waals surface area (Å²) >= 11 is 1.25. The van der Waals surface area contributed by atoms with Crippen molar-refractivity contribution < 1.29 is 32.3 Å². The molecule has 0 aliphatic carbocycles. The number of carbonyl (C=O) groups is 2. The third kappa shape index (κ3) is 8.56. The molecule has 43 heavy (non-hydrogen) atoms. The fraction of sp³-hybridized carbons (Fsp3) is 0.500. The number of halogens is 4. The fourth-order valence-electron chi connectivity index (χ4n) is 5.02. The first-order valence-corrected chi connectivity index (χ1v) is 14.7. The number of alkyl halides is 3. The molecule has 0 radical (unpaired) electrons. The Morgan fingerprint density at radius 2 is 1.77 bits per heavy atom. The summed E-state index contributed by atoms with van der Waals surface area (Å²) in [5, 5.41) is 9.61. The van der Waals surface area contributed by atoms with Crippen LogP contribution in [0.5, 0.6) is 0 Å². The molecule has 3 aromatic rings. The number of hydrogen-bond acceptors (Lipinski definition) is 8. The largest absolute Gasteiger partial charge is 0.481 e. The lowest BCUT2D eigenvalue weighted by Crippen LogP contribution is -2.36. The van der Waals surface area contributed by atoms with Gasteiger partial charge < -0.3 is 10.0 Å². The smallest absolute Gasteiger partial charge is 0.419 e. The minimum absolute atomic E-state index is 0. The number of thiazole rings is 1. The summed E-state index contributed by atoms with van der Waals surface area (Å²) in [6.07, 6.45) is 0.652. The van der Waals surface area contributed by atoms with E-state index in [9.17, 15) is 32.3 Å². The van der Waals surface area contributed by atoms with Crippen molar-refractivity contribution >= 4 is 28.9 Å². The Morgan fingerprint density at radius 3 is 2.33 bits per heavy atom. The molecule has 0 bridgehead atoms. The molecule has 8 nitrogen and oxygen atoms in total. The van der Waals surface area contributed by atoms with Crippen molar-refractivity contribution in [2.75, 3.05) is 31.1 Å². The zero-order valence-corrected chi connectivity index (χ0v) is 24.3. The molecule has 1 aromatic carbocycles. The molecule has 1 N–H and O–H groups in total. The van der Waals surface area contributed by atoms with Crippen molar-refractivity contribution in [3.05, 3.63) is 57.6 Å². The number of aliphatic carboxylic acids is 1. The van der Waals surface area contributed by atoms with E-state index in [-0.39, 0.29) is 36.8 Å². The summed E-state index contributed by atoms with van der Waals surface area (Å²) in [5.74, 6) is -2.34. The molecular formula is C30H37F4N5O3S. The molecular weight excluding hydrogens is 586 g/mol. The van der Waals surface area contributed by atoms with Gasteiger partial charge in [-0.3, -0.25) is 14.5 Å². The van der Waals surface area contributed by atoms with Crippen molar-refractivity contribution in [2.45, 2.75) is 66.1 Å². The second-order valence-electron chi connectivity index (χ2n) is 10.3. The SMILES string of the molecule is C.CCCN(CCC)Cc1sc(CC(=O)c2cnc(N3CCC(C(=O)O)CC3)cn2)nc1-c1ccc(F)c(C(F)(F)F)c1. The Labute approximate surface area is 252 Å². The molecule has 0 amide bonds. The molecule has 4 rings (SSSR count). The first kappa shape index (κ1) is 34.0. The van der Waals surface area contributed by atoms with Crippen LogP contribution in [-0.2, 0) is 23.9 Å². The number of aromatic nitrogens is 3. The van der Waals surface area contributed by atoms with E-state index in [1.54, 1.807) is 0 Å². The molecule has 1 aliphatic heterocycles. The zero-order valence-electron chi connectivity index (χ0n) is 23.5. The number of ketones is 1. The minimum Gasteiger partial charge on any atom is -0.481 e. The Morgan fingerprint density at radius 1 is 1.09 bits per heavy atom. The van der Waals surface area contributed by atoms with E-state index in [0.717, 1.165) is 38.1 Å². The highest BCUT2D eigenvalue weighted by molar-refractivity contribution is 7.12. The summed E-state index contributed by atoms with van der Waals surface area (Å²) in [7, 11) is 0. The van der Waals surface area contributed by atoms with Gasteiger partial charge >= 0.3 is 12.1 Å². The van der Waals surface area contributed by atoms with Crippen molar-refractivity contribution in [1.29, 1.82) is 0 Å². The van der Waals surface area contributed by atoms with E-state index >= 15 is 0 Å². The lowest BCUT2D eigenvalue weighted by molar-refractivity contribution is -0.142. The van der Waals surface area contributed by atoms with Gasteiger partial charge in [-0.05, 0) is 57.0 Å². The minimum atomic E-state index is -4.86. The number of benzene rings is 1. The van der Waals surface area contributed by atoms with Crippen LogP contribution in [0.15, 0.2) is 30.6 Å². The molecule has 1 aliphatic rings. The number of carboxylic acid groups (broad SMARTS) is 1. The number of hydrogen-bond donors (Lipinski definition) is 1. The van der Waals surface area contributed by atoms with E-state index in [1.807, 2.05) is 18.7 Å². The van der Waals surface area contributed by atoms with E-state index in [4.69, 9.17) is 0 Å². The molecule has 2 aromatic heterocycles. The highest BCUT2D eigenvalue weighted by atomic mass is 32.1. The van der Waals surface area contributed by atoms with Gasteiger partial charge in [0.2, 0.25) is 0 Å². The van der Waals surface area contributed by atoms with Crippen LogP contribution in [0, 0.1) is 11.7 Å². The second-order valence-corrected chi connectivity index (χ2v) is 11.5. The normalized spacial score (nSPS) is 14.2. The first-order chi connectivity index (χ1) is 20.0. The molecule has 234 valence electrons. The maximum atomic E-state index is 14.0. The Kier molecular flexibility index (Phi) is 11.7. The lowest BCUT2D eigenvalue weighted by atomic mass is 9.97. The lowest BCUT2D eigenvalue weighted by Gasteiger charge is -2.30. The molecule has 1 fully saturated rings. The summed E-state index contributed by atoms with van der Waals surface area (Å²) in [6.45, 7) is 7.14. The van der Waals surface area contributed by atoms with Crippen molar-refractivity contribution in [2.24, 2.45) is 5.92 Å². The second kappa shape index (κ2) is 14.8. The van der Waals surface area contributed by atoms with Gasteiger partial charge in [0.05, 0.1) is 36.0 Å². The Balaban J connectivity index is 0.00000506. The number of Topliss-reactive ketones (excluding diaryl/α,β-unsaturated/α-hetero) is 1. The van der Waals surface area contributed by atoms with Crippen LogP contribution in [0.3, 0.4) is 0 Å². The predicted octanol–water partition coefficient (Wildman–Crippen LogP) is 6.74. The zero-order chi connectivity index (χ0) is 30.4. The van der Waals surface area contributed by atoms with E-state index in [2.05, 4.69) is 19.9 Å². The quantitative estimate of drug-likeness (QED) is 0.175. The number of anilines is 1. The summed E-state index contributed by atoms with van der Waals surface area (Å²) in [4.78, 5) is 42.3. The maximum Gasteiger partial charge on any atom is 0.419 e. The number of rotatable bonds is 12. The summed E-state index contributed by atoms with van der Waals surface area (Å²) in [6, 6.07) is 2.85. The van der Waals surface area contributed by atoms with Crippen LogP contribution >= 0.6 is 11.3 Å². The van der Waals surface area contributed by atoms with Crippen LogP contribution in [0.1, 0.15) is 72.9 Å². The Hall–Kier alpha value is -3.45. The van der Waals surface area contributed by atoms with Crippen LogP contribution < -0.4 is 4.90 Å². The van der Waals surface area contributed by atoms with E-state index in [0.29, 0.717) is 53.9 Å². The third-order valence-corrected chi connectivity index (χ3v) is 8.18. The number of nitrogens with zero attached hydrogens (tertiary/aromatic N) is 5. The van der Waals surface area contributed by atoms with Gasteiger partial charge in [-0.25, -0.2) is 19.3 Å².